The van der Waals surface area contributed by atoms with Gasteiger partial charge in [-0.25, -0.2) is 0 Å². The lowest BCUT2D eigenvalue weighted by atomic mass is 9.94. The van der Waals surface area contributed by atoms with Crippen LogP contribution in [0.15, 0.2) is 6.20 Å². The summed E-state index contributed by atoms with van der Waals surface area (Å²) < 4.78 is 7.11. The van der Waals surface area contributed by atoms with Gasteiger partial charge in [0.15, 0.2) is 5.75 Å². The van der Waals surface area contributed by atoms with Crippen molar-refractivity contribution in [2.75, 3.05) is 7.11 Å². The lowest BCUT2D eigenvalue weighted by Gasteiger charge is -2.23. The van der Waals surface area contributed by atoms with Gasteiger partial charge < -0.3 is 4.74 Å². The molecule has 0 saturated carbocycles. The van der Waals surface area contributed by atoms with Crippen molar-refractivity contribution < 1.29 is 4.74 Å². The number of nitrogens with one attached hydrogen (secondary N) is 1. The summed E-state index contributed by atoms with van der Waals surface area (Å²) in [6.07, 6.45) is 3.97. The Morgan fingerprint density at radius 2 is 2.31 bits per heavy atom. The molecule has 0 bridgehead atoms. The molecule has 0 saturated heterocycles. The molecule has 0 fully saturated rings. The molecule has 92 valence electrons. The van der Waals surface area contributed by atoms with E-state index in [2.05, 4.69) is 24.4 Å². The second-order valence-electron chi connectivity index (χ2n) is 4.13. The fourth-order valence-electron chi connectivity index (χ4n) is 2.07. The van der Waals surface area contributed by atoms with E-state index >= 15 is 0 Å². The Balaban J connectivity index is 2.97. The summed E-state index contributed by atoms with van der Waals surface area (Å²) in [6, 6.07) is 0.0717. The molecule has 1 aromatic heterocycles. The standard InChI is InChI=1S/C11H22N4O/c1-5-6-8(2)10(14-12)11-9(16-4)7-13-15(11)3/h7-8,10,14H,5-6,12H2,1-4H3. The number of hydrazine groups is 1. The largest absolute Gasteiger partial charge is 0.493 e. The Labute approximate surface area is 96.9 Å². The zero-order valence-electron chi connectivity index (χ0n) is 10.5. The first-order valence-corrected chi connectivity index (χ1v) is 5.67. The van der Waals surface area contributed by atoms with Crippen molar-refractivity contribution in [2.24, 2.45) is 18.8 Å². The second-order valence-corrected chi connectivity index (χ2v) is 4.13. The monoisotopic (exact) mass is 226 g/mol. The lowest BCUT2D eigenvalue weighted by Crippen LogP contribution is -2.34. The maximum atomic E-state index is 5.64. The smallest absolute Gasteiger partial charge is 0.161 e. The highest BCUT2D eigenvalue weighted by Crippen LogP contribution is 2.30. The molecule has 0 aliphatic rings. The molecule has 0 radical (unpaired) electrons. The van der Waals surface area contributed by atoms with Gasteiger partial charge in [0.1, 0.15) is 0 Å². The van der Waals surface area contributed by atoms with Crippen LogP contribution in [0.3, 0.4) is 0 Å². The third kappa shape index (κ3) is 2.54. The number of methoxy groups -OCH3 is 1. The minimum Gasteiger partial charge on any atom is -0.493 e. The average molecular weight is 226 g/mol. The highest BCUT2D eigenvalue weighted by atomic mass is 16.5. The second kappa shape index (κ2) is 5.86. The van der Waals surface area contributed by atoms with Gasteiger partial charge in [-0.1, -0.05) is 20.3 Å². The maximum absolute atomic E-state index is 5.64. The van der Waals surface area contributed by atoms with E-state index in [4.69, 9.17) is 10.6 Å². The normalized spacial score (nSPS) is 14.8. The SMILES string of the molecule is CCCC(C)C(NN)c1c(OC)cnn1C. The number of aryl methyl sites for hydroxylation is 1. The van der Waals surface area contributed by atoms with E-state index in [1.54, 1.807) is 13.3 Å². The van der Waals surface area contributed by atoms with Crippen molar-refractivity contribution in [3.8, 4) is 5.75 Å². The molecule has 0 amide bonds. The van der Waals surface area contributed by atoms with Gasteiger partial charge in [-0.3, -0.25) is 16.0 Å². The Bertz CT molecular complexity index is 324. The molecule has 2 atom stereocenters. The average Bonchev–Trinajstić information content (AvgIpc) is 2.62. The predicted octanol–water partition coefficient (Wildman–Crippen LogP) is 1.37. The van der Waals surface area contributed by atoms with Crippen molar-refractivity contribution >= 4 is 0 Å². The van der Waals surface area contributed by atoms with Crippen LogP contribution in [0, 0.1) is 5.92 Å². The first-order valence-electron chi connectivity index (χ1n) is 5.67. The molecule has 0 aromatic carbocycles. The number of nitrogens with zero attached hydrogens (tertiary/aromatic N) is 2. The summed E-state index contributed by atoms with van der Waals surface area (Å²) in [6.45, 7) is 4.35. The fourth-order valence-corrected chi connectivity index (χ4v) is 2.07. The molecular formula is C11H22N4O. The molecule has 2 unspecified atom stereocenters. The Hall–Kier alpha value is -1.07. The lowest BCUT2D eigenvalue weighted by molar-refractivity contribution is 0.332. The van der Waals surface area contributed by atoms with Gasteiger partial charge in [0.05, 0.1) is 25.0 Å². The van der Waals surface area contributed by atoms with Gasteiger partial charge in [-0.2, -0.15) is 5.10 Å². The van der Waals surface area contributed by atoms with Crippen LogP contribution in [-0.2, 0) is 7.05 Å². The van der Waals surface area contributed by atoms with E-state index in [0.29, 0.717) is 5.92 Å². The Morgan fingerprint density at radius 1 is 1.62 bits per heavy atom. The van der Waals surface area contributed by atoms with E-state index < -0.39 is 0 Å². The number of aromatic nitrogens is 2. The summed E-state index contributed by atoms with van der Waals surface area (Å²) in [4.78, 5) is 0. The molecule has 1 heterocycles. The van der Waals surface area contributed by atoms with E-state index in [9.17, 15) is 0 Å². The zero-order chi connectivity index (χ0) is 12.1. The van der Waals surface area contributed by atoms with Crippen LogP contribution in [-0.4, -0.2) is 16.9 Å². The summed E-state index contributed by atoms with van der Waals surface area (Å²) >= 11 is 0. The molecule has 16 heavy (non-hydrogen) atoms. The van der Waals surface area contributed by atoms with Gasteiger partial charge in [0, 0.05) is 7.05 Å². The van der Waals surface area contributed by atoms with Crippen LogP contribution in [0.1, 0.15) is 38.4 Å². The maximum Gasteiger partial charge on any atom is 0.161 e. The van der Waals surface area contributed by atoms with Crippen LogP contribution in [0.5, 0.6) is 5.75 Å². The van der Waals surface area contributed by atoms with Crippen LogP contribution in [0.25, 0.3) is 0 Å². The number of rotatable bonds is 6. The van der Waals surface area contributed by atoms with Crippen molar-refractivity contribution in [1.82, 2.24) is 15.2 Å². The van der Waals surface area contributed by atoms with Gasteiger partial charge in [-0.05, 0) is 12.3 Å². The van der Waals surface area contributed by atoms with Gasteiger partial charge in [-0.15, -0.1) is 0 Å². The van der Waals surface area contributed by atoms with Gasteiger partial charge in [0.25, 0.3) is 0 Å². The van der Waals surface area contributed by atoms with Gasteiger partial charge >= 0.3 is 0 Å². The molecule has 1 rings (SSSR count). The molecule has 5 nitrogen and oxygen atoms in total. The fraction of sp³-hybridized carbons (Fsp3) is 0.727. The van der Waals surface area contributed by atoms with Gasteiger partial charge in [0.2, 0.25) is 0 Å². The van der Waals surface area contributed by atoms with Crippen LogP contribution >= 0.6 is 0 Å². The molecule has 5 heteroatoms. The van der Waals surface area contributed by atoms with Crippen molar-refractivity contribution in [3.63, 3.8) is 0 Å². The zero-order valence-corrected chi connectivity index (χ0v) is 10.5. The molecule has 0 aliphatic heterocycles. The molecule has 1 aromatic rings. The van der Waals surface area contributed by atoms with E-state index in [0.717, 1.165) is 24.3 Å². The molecular weight excluding hydrogens is 204 g/mol. The number of nitrogens with two attached hydrogens (primary N) is 1. The summed E-state index contributed by atoms with van der Waals surface area (Å²) in [5.41, 5.74) is 3.87. The van der Waals surface area contributed by atoms with Crippen molar-refractivity contribution in [2.45, 2.75) is 32.7 Å². The summed E-state index contributed by atoms with van der Waals surface area (Å²) in [7, 11) is 3.55. The van der Waals surface area contributed by atoms with E-state index in [1.165, 1.54) is 0 Å². The molecule has 0 aliphatic carbocycles. The van der Waals surface area contributed by atoms with Crippen molar-refractivity contribution in [3.05, 3.63) is 11.9 Å². The Morgan fingerprint density at radius 3 is 2.81 bits per heavy atom. The van der Waals surface area contributed by atoms with Crippen LogP contribution < -0.4 is 16.0 Å². The number of hydrogen-bond donors (Lipinski definition) is 2. The van der Waals surface area contributed by atoms with Crippen LogP contribution in [0.4, 0.5) is 0 Å². The van der Waals surface area contributed by atoms with E-state index in [1.807, 2.05) is 11.7 Å². The highest BCUT2D eigenvalue weighted by molar-refractivity contribution is 5.28. The third-order valence-electron chi connectivity index (χ3n) is 2.96. The Kier molecular flexibility index (Phi) is 4.76. The first kappa shape index (κ1) is 13.0. The summed E-state index contributed by atoms with van der Waals surface area (Å²) in [5.74, 6) is 6.87. The first-order chi connectivity index (χ1) is 7.65. The number of ether oxygens (including phenoxy) is 1. The minimum absolute atomic E-state index is 0.0717. The molecule has 0 spiro atoms. The quantitative estimate of drug-likeness (QED) is 0.568. The van der Waals surface area contributed by atoms with Crippen molar-refractivity contribution in [1.29, 1.82) is 0 Å². The summed E-state index contributed by atoms with van der Waals surface area (Å²) in [5, 5.41) is 4.19. The predicted molar refractivity (Wildman–Crippen MR) is 63.9 cm³/mol. The molecule has 3 N–H and O–H groups in total. The third-order valence-corrected chi connectivity index (χ3v) is 2.96. The van der Waals surface area contributed by atoms with E-state index in [-0.39, 0.29) is 6.04 Å². The number of hydrogen-bond acceptors (Lipinski definition) is 4. The topological polar surface area (TPSA) is 65.1 Å². The van der Waals surface area contributed by atoms with Crippen LogP contribution in [0.2, 0.25) is 0 Å². The highest BCUT2D eigenvalue weighted by Gasteiger charge is 2.24. The minimum atomic E-state index is 0.0717.